The van der Waals surface area contributed by atoms with Crippen LogP contribution in [-0.4, -0.2) is 53.4 Å². The third kappa shape index (κ3) is 4.30. The summed E-state index contributed by atoms with van der Waals surface area (Å²) in [5.74, 6) is 1.64. The van der Waals surface area contributed by atoms with Gasteiger partial charge >= 0.3 is 0 Å². The van der Waals surface area contributed by atoms with E-state index in [-0.39, 0.29) is 0 Å². The quantitative estimate of drug-likeness (QED) is 0.786. The van der Waals surface area contributed by atoms with Gasteiger partial charge in [-0.05, 0) is 45.1 Å². The Morgan fingerprint density at radius 3 is 2.52 bits per heavy atom. The Morgan fingerprint density at radius 1 is 1.29 bits per heavy atom. The molecule has 0 aromatic carbocycles. The molecule has 0 amide bonds. The Morgan fingerprint density at radius 2 is 1.95 bits per heavy atom. The van der Waals surface area contributed by atoms with Gasteiger partial charge in [-0.1, -0.05) is 26.7 Å². The summed E-state index contributed by atoms with van der Waals surface area (Å²) < 4.78 is 3.04. The summed E-state index contributed by atoms with van der Waals surface area (Å²) in [6.07, 6.45) is 5.06. The molecule has 0 aliphatic heterocycles. The fourth-order valence-corrected chi connectivity index (χ4v) is 3.32. The normalized spacial score (nSPS) is 16.3. The van der Waals surface area contributed by atoms with Crippen molar-refractivity contribution in [1.29, 1.82) is 0 Å². The summed E-state index contributed by atoms with van der Waals surface area (Å²) in [5, 5.41) is 7.56. The SMILES string of the molecule is CC(C)CN(CCN(C)C)c1n[nH]c(=S)n1C1CCCC1. The van der Waals surface area contributed by atoms with Crippen LogP contribution >= 0.6 is 12.2 Å². The fraction of sp³-hybridized carbons (Fsp3) is 0.867. The highest BCUT2D eigenvalue weighted by molar-refractivity contribution is 7.71. The molecule has 1 N–H and O–H groups in total. The first-order valence-electron chi connectivity index (χ1n) is 8.05. The molecule has 1 aromatic rings. The Kier molecular flexibility index (Phi) is 5.81. The Bertz CT molecular complexity index is 484. The van der Waals surface area contributed by atoms with Gasteiger partial charge in [0.05, 0.1) is 0 Å². The van der Waals surface area contributed by atoms with E-state index in [1.807, 2.05) is 0 Å². The second kappa shape index (κ2) is 7.40. The van der Waals surface area contributed by atoms with Crippen molar-refractivity contribution in [1.82, 2.24) is 19.7 Å². The number of nitrogens with one attached hydrogen (secondary N) is 1. The Labute approximate surface area is 133 Å². The van der Waals surface area contributed by atoms with Crippen molar-refractivity contribution in [3.63, 3.8) is 0 Å². The molecule has 6 heteroatoms. The molecule has 2 rings (SSSR count). The van der Waals surface area contributed by atoms with Gasteiger partial charge in [0.25, 0.3) is 0 Å². The number of rotatable bonds is 7. The summed E-state index contributed by atoms with van der Waals surface area (Å²) >= 11 is 5.49. The number of anilines is 1. The first-order chi connectivity index (χ1) is 9.99. The van der Waals surface area contributed by atoms with Crippen LogP contribution in [0.4, 0.5) is 5.95 Å². The second-order valence-corrected chi connectivity index (χ2v) is 7.17. The molecule has 1 fully saturated rings. The van der Waals surface area contributed by atoms with Gasteiger partial charge in [0, 0.05) is 25.7 Å². The number of aromatic nitrogens is 3. The van der Waals surface area contributed by atoms with Crippen molar-refractivity contribution < 1.29 is 0 Å². The zero-order chi connectivity index (χ0) is 15.4. The third-order valence-corrected chi connectivity index (χ3v) is 4.35. The highest BCUT2D eigenvalue weighted by atomic mass is 32.1. The van der Waals surface area contributed by atoms with Gasteiger partial charge in [-0.25, -0.2) is 5.10 Å². The smallest absolute Gasteiger partial charge is 0.226 e. The van der Waals surface area contributed by atoms with Gasteiger partial charge in [-0.2, -0.15) is 0 Å². The first-order valence-corrected chi connectivity index (χ1v) is 8.46. The number of hydrogen-bond acceptors (Lipinski definition) is 4. The highest BCUT2D eigenvalue weighted by Gasteiger charge is 2.24. The van der Waals surface area contributed by atoms with E-state index in [4.69, 9.17) is 12.2 Å². The molecule has 120 valence electrons. The molecule has 1 saturated carbocycles. The van der Waals surface area contributed by atoms with Crippen LogP contribution in [0.5, 0.6) is 0 Å². The van der Waals surface area contributed by atoms with E-state index in [0.29, 0.717) is 12.0 Å². The summed E-state index contributed by atoms with van der Waals surface area (Å²) in [6.45, 7) is 7.53. The van der Waals surface area contributed by atoms with E-state index in [2.05, 4.69) is 52.5 Å². The van der Waals surface area contributed by atoms with Crippen molar-refractivity contribution in [2.75, 3.05) is 38.6 Å². The average Bonchev–Trinajstić information content (AvgIpc) is 3.02. The van der Waals surface area contributed by atoms with Crippen molar-refractivity contribution in [3.8, 4) is 0 Å². The van der Waals surface area contributed by atoms with Gasteiger partial charge in [0.2, 0.25) is 5.95 Å². The van der Waals surface area contributed by atoms with E-state index < -0.39 is 0 Å². The van der Waals surface area contributed by atoms with E-state index in [1.165, 1.54) is 25.7 Å². The molecule has 0 saturated heterocycles. The highest BCUT2D eigenvalue weighted by Crippen LogP contribution is 2.32. The van der Waals surface area contributed by atoms with Gasteiger partial charge in [-0.3, -0.25) is 4.57 Å². The molecule has 0 atom stereocenters. The largest absolute Gasteiger partial charge is 0.339 e. The van der Waals surface area contributed by atoms with Gasteiger partial charge in [-0.15, -0.1) is 5.10 Å². The van der Waals surface area contributed by atoms with Crippen LogP contribution in [0.1, 0.15) is 45.6 Å². The van der Waals surface area contributed by atoms with Crippen molar-refractivity contribution in [3.05, 3.63) is 4.77 Å². The number of nitrogens with zero attached hydrogens (tertiary/aromatic N) is 4. The van der Waals surface area contributed by atoms with E-state index in [0.717, 1.165) is 30.4 Å². The molecule has 0 bridgehead atoms. The summed E-state index contributed by atoms with van der Waals surface area (Å²) in [7, 11) is 4.23. The van der Waals surface area contributed by atoms with E-state index in [1.54, 1.807) is 0 Å². The van der Waals surface area contributed by atoms with Crippen molar-refractivity contribution >= 4 is 18.2 Å². The molecule has 1 heterocycles. The van der Waals surface area contributed by atoms with Crippen LogP contribution in [0.25, 0.3) is 0 Å². The predicted octanol–water partition coefficient (Wildman–Crippen LogP) is 3.08. The first kappa shape index (κ1) is 16.5. The summed E-state index contributed by atoms with van der Waals surface area (Å²) in [6, 6.07) is 0.528. The maximum absolute atomic E-state index is 5.49. The van der Waals surface area contributed by atoms with Crippen LogP contribution in [-0.2, 0) is 0 Å². The molecule has 1 aliphatic carbocycles. The maximum atomic E-state index is 5.49. The zero-order valence-corrected chi connectivity index (χ0v) is 14.6. The molecule has 0 radical (unpaired) electrons. The summed E-state index contributed by atoms with van der Waals surface area (Å²) in [4.78, 5) is 4.60. The van der Waals surface area contributed by atoms with E-state index >= 15 is 0 Å². The number of H-pyrrole nitrogens is 1. The molecule has 21 heavy (non-hydrogen) atoms. The minimum Gasteiger partial charge on any atom is -0.339 e. The zero-order valence-electron chi connectivity index (χ0n) is 13.8. The van der Waals surface area contributed by atoms with Gasteiger partial charge in [0.15, 0.2) is 4.77 Å². The molecule has 1 aromatic heterocycles. The molecular formula is C15H29N5S. The minimum absolute atomic E-state index is 0.528. The van der Waals surface area contributed by atoms with Crippen molar-refractivity contribution in [2.45, 2.75) is 45.6 Å². The third-order valence-electron chi connectivity index (χ3n) is 4.06. The molecule has 0 unspecified atom stereocenters. The lowest BCUT2D eigenvalue weighted by Crippen LogP contribution is -2.36. The van der Waals surface area contributed by atoms with Crippen LogP contribution < -0.4 is 4.90 Å². The maximum Gasteiger partial charge on any atom is 0.226 e. The van der Waals surface area contributed by atoms with Crippen molar-refractivity contribution in [2.24, 2.45) is 5.92 Å². The monoisotopic (exact) mass is 311 g/mol. The van der Waals surface area contributed by atoms with E-state index in [9.17, 15) is 0 Å². The number of likely N-dealkylation sites (N-methyl/N-ethyl adjacent to an activating group) is 1. The lowest BCUT2D eigenvalue weighted by atomic mass is 10.2. The van der Waals surface area contributed by atoms with Crippen LogP contribution in [0, 0.1) is 10.7 Å². The van der Waals surface area contributed by atoms with Crippen LogP contribution in [0.3, 0.4) is 0 Å². The minimum atomic E-state index is 0.528. The standard InChI is InChI=1S/C15H29N5S/c1-12(2)11-19(10-9-18(3)4)14-16-17-15(21)20(14)13-7-5-6-8-13/h12-13H,5-11H2,1-4H3,(H,17,21). The topological polar surface area (TPSA) is 40.1 Å². The Hall–Kier alpha value is -0.880. The molecule has 1 aliphatic rings. The fourth-order valence-electron chi connectivity index (χ4n) is 3.05. The second-order valence-electron chi connectivity index (χ2n) is 6.78. The van der Waals surface area contributed by atoms with Gasteiger partial charge in [0.1, 0.15) is 0 Å². The van der Waals surface area contributed by atoms with Crippen LogP contribution in [0.15, 0.2) is 0 Å². The number of aromatic amines is 1. The lowest BCUT2D eigenvalue weighted by molar-refractivity contribution is 0.404. The molecular weight excluding hydrogens is 282 g/mol. The van der Waals surface area contributed by atoms with Crippen LogP contribution in [0.2, 0.25) is 0 Å². The molecule has 0 spiro atoms. The van der Waals surface area contributed by atoms with Gasteiger partial charge < -0.3 is 9.80 Å². The summed E-state index contributed by atoms with van der Waals surface area (Å²) in [5.41, 5.74) is 0. The molecule has 5 nitrogen and oxygen atoms in total. The average molecular weight is 311 g/mol. The lowest BCUT2D eigenvalue weighted by Gasteiger charge is -2.28. The Balaban J connectivity index is 2.23. The predicted molar refractivity (Wildman–Crippen MR) is 90.5 cm³/mol. The number of hydrogen-bond donors (Lipinski definition) is 1.